The molecule has 0 aliphatic carbocycles. The number of alkyl carbamates (subject to hydrolysis) is 1. The molecule has 6 N–H and O–H groups in total. The molecule has 0 aliphatic rings. The van der Waals surface area contributed by atoms with Gasteiger partial charge in [-0.1, -0.05) is 109 Å². The fraction of sp³-hybridized carbons (Fsp3) is 0.237. The summed E-state index contributed by atoms with van der Waals surface area (Å²) in [6.45, 7) is -0.0203. The number of aromatic amines is 1. The van der Waals surface area contributed by atoms with E-state index in [9.17, 15) is 23.8 Å². The van der Waals surface area contributed by atoms with Gasteiger partial charge in [-0.05, 0) is 41.2 Å². The summed E-state index contributed by atoms with van der Waals surface area (Å²) in [6, 6.07) is 34.1. The minimum atomic E-state index is -4.30. The van der Waals surface area contributed by atoms with Gasteiger partial charge in [-0.3, -0.25) is 14.2 Å². The summed E-state index contributed by atoms with van der Waals surface area (Å²) in [5.74, 6) is -3.53. The van der Waals surface area contributed by atoms with Gasteiger partial charge in [0.05, 0.1) is 0 Å². The molecule has 4 aromatic carbocycles. The number of para-hydroxylation sites is 1. The second-order valence-electron chi connectivity index (χ2n) is 12.1. The first-order valence-corrected chi connectivity index (χ1v) is 18.1. The first-order chi connectivity index (χ1) is 23.7. The zero-order chi connectivity index (χ0) is 34.6. The van der Waals surface area contributed by atoms with Gasteiger partial charge in [0.25, 0.3) is 0 Å². The summed E-state index contributed by atoms with van der Waals surface area (Å²) in [5, 5.41) is 6.29. The summed E-state index contributed by atoms with van der Waals surface area (Å²) in [6.07, 6.45) is 1.31. The molecule has 1 aromatic heterocycles. The Labute approximate surface area is 285 Å². The van der Waals surface area contributed by atoms with Gasteiger partial charge in [-0.25, -0.2) is 4.79 Å². The quantitative estimate of drug-likeness (QED) is 0.0841. The van der Waals surface area contributed by atoms with Crippen molar-refractivity contribution < 1.29 is 28.6 Å². The highest BCUT2D eigenvalue weighted by Gasteiger charge is 2.38. The smallest absolute Gasteiger partial charge is 0.408 e. The lowest BCUT2D eigenvalue weighted by atomic mass is 9.98. The zero-order valence-electron chi connectivity index (χ0n) is 27.0. The van der Waals surface area contributed by atoms with Crippen molar-refractivity contribution in [1.29, 1.82) is 0 Å². The summed E-state index contributed by atoms with van der Waals surface area (Å²) in [4.78, 5) is 54.3. The van der Waals surface area contributed by atoms with Crippen molar-refractivity contribution in [2.45, 2.75) is 44.1 Å². The van der Waals surface area contributed by atoms with Gasteiger partial charge in [0, 0.05) is 42.0 Å². The molecule has 0 radical (unpaired) electrons. The number of aromatic nitrogens is 1. The van der Waals surface area contributed by atoms with Crippen LogP contribution in [0.1, 0.15) is 28.7 Å². The summed E-state index contributed by atoms with van der Waals surface area (Å²) in [7, 11) is -4.30. The molecular weight excluding hydrogens is 639 g/mol. The van der Waals surface area contributed by atoms with Crippen molar-refractivity contribution in [2.75, 3.05) is 6.16 Å². The normalized spacial score (nSPS) is 14.2. The Balaban J connectivity index is 1.36. The summed E-state index contributed by atoms with van der Waals surface area (Å²) in [5.41, 5.74) is 9.89. The standard InChI is InChI=1S/C38H41N4O6P/c39-36(43)34(23-31-24-40-33-19-11-10-18-32(31)33)41-37(44)30(21-20-27-12-4-1-5-13-27)26-49(46,47)35(22-28-14-6-2-7-15-28)42-38(45)48-25-29-16-8-3-9-17-29/h1-19,24,30,34-35,40H,20-23,25-26H2,(H2,39,43)(H,41,44)(H,42,45)(H,46,47)/t30?,34-,35?/m0/s1. The molecule has 254 valence electrons. The number of nitrogens with two attached hydrogens (primary N) is 1. The van der Waals surface area contributed by atoms with Crippen molar-refractivity contribution in [1.82, 2.24) is 15.6 Å². The number of hydrogen-bond acceptors (Lipinski definition) is 5. The van der Waals surface area contributed by atoms with E-state index < -0.39 is 49.2 Å². The van der Waals surface area contributed by atoms with Crippen LogP contribution in [-0.2, 0) is 44.8 Å². The maximum absolute atomic E-state index is 14.3. The third-order valence-corrected chi connectivity index (χ3v) is 10.7. The van der Waals surface area contributed by atoms with Gasteiger partial charge in [0.15, 0.2) is 0 Å². The molecule has 10 nitrogen and oxygen atoms in total. The fourth-order valence-corrected chi connectivity index (χ4v) is 7.84. The Morgan fingerprint density at radius 2 is 1.37 bits per heavy atom. The van der Waals surface area contributed by atoms with E-state index in [0.717, 1.165) is 33.2 Å². The number of hydrogen-bond donors (Lipinski definition) is 5. The highest BCUT2D eigenvalue weighted by molar-refractivity contribution is 7.58. The van der Waals surface area contributed by atoms with Crippen molar-refractivity contribution >= 4 is 36.2 Å². The van der Waals surface area contributed by atoms with Crippen molar-refractivity contribution in [3.8, 4) is 0 Å². The fourth-order valence-electron chi connectivity index (χ4n) is 5.80. The average Bonchev–Trinajstić information content (AvgIpc) is 3.52. The lowest BCUT2D eigenvalue weighted by Gasteiger charge is -2.28. The molecule has 0 aliphatic heterocycles. The number of carbonyl (C=O) groups is 3. The van der Waals surface area contributed by atoms with Crippen LogP contribution in [0.4, 0.5) is 4.79 Å². The number of fused-ring (bicyclic) bond motifs is 1. The van der Waals surface area contributed by atoms with E-state index in [0.29, 0.717) is 6.42 Å². The van der Waals surface area contributed by atoms with Gasteiger partial charge in [0.2, 0.25) is 19.2 Å². The zero-order valence-corrected chi connectivity index (χ0v) is 27.9. The monoisotopic (exact) mass is 680 g/mol. The Morgan fingerprint density at radius 3 is 2.02 bits per heavy atom. The van der Waals surface area contributed by atoms with Crippen molar-refractivity contribution in [3.05, 3.63) is 144 Å². The molecule has 5 aromatic rings. The molecule has 0 saturated carbocycles. The molecule has 4 atom stereocenters. The second kappa shape index (κ2) is 16.8. The highest BCUT2D eigenvalue weighted by atomic mass is 31.2. The van der Waals surface area contributed by atoms with E-state index in [4.69, 9.17) is 10.5 Å². The number of carbonyl (C=O) groups excluding carboxylic acids is 3. The number of H-pyrrole nitrogens is 1. The lowest BCUT2D eigenvalue weighted by molar-refractivity contribution is -0.129. The van der Waals surface area contributed by atoms with Crippen molar-refractivity contribution in [3.63, 3.8) is 0 Å². The first kappa shape index (κ1) is 35.1. The van der Waals surface area contributed by atoms with Crippen LogP contribution in [0.15, 0.2) is 121 Å². The Kier molecular flexibility index (Phi) is 12.0. The Morgan fingerprint density at radius 1 is 0.776 bits per heavy atom. The summed E-state index contributed by atoms with van der Waals surface area (Å²) < 4.78 is 19.7. The molecule has 0 bridgehead atoms. The van der Waals surface area contributed by atoms with Crippen LogP contribution in [0.25, 0.3) is 10.9 Å². The number of nitrogens with one attached hydrogen (secondary N) is 3. The minimum Gasteiger partial charge on any atom is -0.445 e. The van der Waals surface area contributed by atoms with E-state index in [2.05, 4.69) is 15.6 Å². The molecular formula is C38H41N4O6P. The SMILES string of the molecule is NC(=O)[C@H](Cc1c[nH]c2ccccc12)NC(=O)C(CCc1ccccc1)CP(=O)(O)C(Cc1ccccc1)NC(=O)OCc1ccccc1. The Bertz CT molecular complexity index is 1880. The number of aryl methyl sites for hydroxylation is 1. The number of ether oxygens (including phenoxy) is 1. The van der Waals surface area contributed by atoms with E-state index in [-0.39, 0.29) is 25.9 Å². The van der Waals surface area contributed by atoms with Crippen LogP contribution in [0.3, 0.4) is 0 Å². The van der Waals surface area contributed by atoms with Crippen LogP contribution in [0, 0.1) is 5.92 Å². The summed E-state index contributed by atoms with van der Waals surface area (Å²) >= 11 is 0. The van der Waals surface area contributed by atoms with Crippen LogP contribution in [-0.4, -0.2) is 45.8 Å². The molecule has 1 heterocycles. The lowest BCUT2D eigenvalue weighted by Crippen LogP contribution is -2.48. The number of primary amides is 1. The third kappa shape index (κ3) is 10.2. The van der Waals surface area contributed by atoms with E-state index in [1.807, 2.05) is 78.9 Å². The topological polar surface area (TPSA) is 164 Å². The molecule has 0 saturated heterocycles. The van der Waals surface area contributed by atoms with Gasteiger partial charge >= 0.3 is 6.09 Å². The van der Waals surface area contributed by atoms with Crippen LogP contribution < -0.4 is 16.4 Å². The van der Waals surface area contributed by atoms with Crippen LogP contribution in [0.5, 0.6) is 0 Å². The number of benzene rings is 4. The van der Waals surface area contributed by atoms with Crippen LogP contribution in [0.2, 0.25) is 0 Å². The van der Waals surface area contributed by atoms with Gasteiger partial charge in [-0.15, -0.1) is 0 Å². The molecule has 0 spiro atoms. The molecule has 11 heteroatoms. The number of amides is 3. The molecule has 0 fully saturated rings. The molecule has 49 heavy (non-hydrogen) atoms. The maximum Gasteiger partial charge on any atom is 0.408 e. The van der Waals surface area contributed by atoms with Gasteiger partial charge < -0.3 is 31.0 Å². The molecule has 5 rings (SSSR count). The Hall–Kier alpha value is -5.18. The van der Waals surface area contributed by atoms with Crippen molar-refractivity contribution in [2.24, 2.45) is 11.7 Å². The predicted octanol–water partition coefficient (Wildman–Crippen LogP) is 5.70. The largest absolute Gasteiger partial charge is 0.445 e. The third-order valence-electron chi connectivity index (χ3n) is 8.49. The predicted molar refractivity (Wildman–Crippen MR) is 190 cm³/mol. The van der Waals surface area contributed by atoms with E-state index in [1.54, 1.807) is 42.6 Å². The van der Waals surface area contributed by atoms with Gasteiger partial charge in [0.1, 0.15) is 18.4 Å². The van der Waals surface area contributed by atoms with E-state index >= 15 is 0 Å². The van der Waals surface area contributed by atoms with E-state index in [1.165, 1.54) is 0 Å². The number of rotatable bonds is 16. The van der Waals surface area contributed by atoms with Gasteiger partial charge in [-0.2, -0.15) is 0 Å². The van der Waals surface area contributed by atoms with Crippen LogP contribution >= 0.6 is 7.37 Å². The maximum atomic E-state index is 14.3. The first-order valence-electron chi connectivity index (χ1n) is 16.2. The molecule has 3 unspecified atom stereocenters. The highest BCUT2D eigenvalue weighted by Crippen LogP contribution is 2.49. The molecule has 3 amide bonds. The minimum absolute atomic E-state index is 0.0203. The average molecular weight is 681 g/mol. The second-order valence-corrected chi connectivity index (χ2v) is 14.6.